The first-order valence-electron chi connectivity index (χ1n) is 6.44. The Kier molecular flexibility index (Phi) is 3.03. The molecule has 0 bridgehead atoms. The monoisotopic (exact) mass is 253 g/mol. The molecular weight excluding hydrogens is 238 g/mol. The van der Waals surface area contributed by atoms with Crippen molar-refractivity contribution in [2.75, 3.05) is 6.61 Å². The van der Waals surface area contributed by atoms with E-state index in [2.05, 4.69) is 30.1 Å². The fourth-order valence-electron chi connectivity index (χ4n) is 2.35. The smallest absolute Gasteiger partial charge is 0.197 e. The third-order valence-electron chi connectivity index (χ3n) is 3.34. The summed E-state index contributed by atoms with van der Waals surface area (Å²) in [6.07, 6.45) is 12.6. The molecule has 0 spiro atoms. The van der Waals surface area contributed by atoms with Crippen LogP contribution in [0.2, 0.25) is 0 Å². The second kappa shape index (κ2) is 4.84. The van der Waals surface area contributed by atoms with Crippen LogP contribution in [0.5, 0.6) is 5.75 Å². The first-order chi connectivity index (χ1) is 9.24. The molecule has 2 aliphatic rings. The molecule has 96 valence electrons. The van der Waals surface area contributed by atoms with Gasteiger partial charge in [-0.3, -0.25) is 9.78 Å². The molecule has 1 aromatic heterocycles. The summed E-state index contributed by atoms with van der Waals surface area (Å²) in [6.45, 7) is 2.50. The number of rotatable bonds is 1. The van der Waals surface area contributed by atoms with Crippen LogP contribution in [-0.4, -0.2) is 17.4 Å². The van der Waals surface area contributed by atoms with E-state index < -0.39 is 0 Å². The lowest BCUT2D eigenvalue weighted by Gasteiger charge is -2.18. The summed E-state index contributed by atoms with van der Waals surface area (Å²) in [6, 6.07) is 1.73. The first-order valence-corrected chi connectivity index (χ1v) is 6.44. The van der Waals surface area contributed by atoms with Gasteiger partial charge in [0, 0.05) is 18.0 Å². The van der Waals surface area contributed by atoms with Gasteiger partial charge in [-0.2, -0.15) is 0 Å². The number of ether oxygens (including phenoxy) is 1. The molecule has 0 radical (unpaired) electrons. The Labute approximate surface area is 112 Å². The third-order valence-corrected chi connectivity index (χ3v) is 3.34. The normalized spacial score (nSPS) is 23.8. The quantitative estimate of drug-likeness (QED) is 0.722. The topological polar surface area (TPSA) is 39.2 Å². The summed E-state index contributed by atoms with van der Waals surface area (Å²) >= 11 is 0. The van der Waals surface area contributed by atoms with Crippen LogP contribution in [0, 0.1) is 5.92 Å². The molecule has 3 nitrogen and oxygen atoms in total. The highest BCUT2D eigenvalue weighted by atomic mass is 16.5. The second-order valence-electron chi connectivity index (χ2n) is 4.94. The maximum Gasteiger partial charge on any atom is 0.197 e. The number of pyridine rings is 1. The predicted octanol–water partition coefficient (Wildman–Crippen LogP) is 3.11. The van der Waals surface area contributed by atoms with Crippen molar-refractivity contribution < 1.29 is 9.53 Å². The molecule has 2 heterocycles. The van der Waals surface area contributed by atoms with Crippen LogP contribution in [-0.2, 0) is 0 Å². The Bertz CT molecular complexity index is 611. The average Bonchev–Trinajstić information content (AvgIpc) is 2.42. The first kappa shape index (κ1) is 11.9. The van der Waals surface area contributed by atoms with Gasteiger partial charge in [-0.1, -0.05) is 25.2 Å². The van der Waals surface area contributed by atoms with Crippen molar-refractivity contribution in [2.45, 2.75) is 13.3 Å². The molecule has 0 fully saturated rings. The van der Waals surface area contributed by atoms with E-state index in [-0.39, 0.29) is 5.78 Å². The molecule has 0 saturated carbocycles. The highest BCUT2D eigenvalue weighted by Crippen LogP contribution is 2.27. The van der Waals surface area contributed by atoms with Gasteiger partial charge in [0.2, 0.25) is 0 Å². The zero-order chi connectivity index (χ0) is 13.2. The van der Waals surface area contributed by atoms with Gasteiger partial charge in [0.25, 0.3) is 0 Å². The van der Waals surface area contributed by atoms with E-state index in [4.69, 9.17) is 4.74 Å². The molecule has 0 amide bonds. The van der Waals surface area contributed by atoms with Crippen molar-refractivity contribution in [1.82, 2.24) is 4.98 Å². The number of hydrogen-bond donors (Lipinski definition) is 0. The summed E-state index contributed by atoms with van der Waals surface area (Å²) in [4.78, 5) is 16.3. The lowest BCUT2D eigenvalue weighted by molar-refractivity contribution is 0.0998. The Morgan fingerprint density at radius 1 is 1.47 bits per heavy atom. The van der Waals surface area contributed by atoms with Crippen molar-refractivity contribution in [2.24, 2.45) is 5.92 Å². The van der Waals surface area contributed by atoms with E-state index in [1.54, 1.807) is 18.5 Å². The van der Waals surface area contributed by atoms with E-state index in [9.17, 15) is 4.79 Å². The van der Waals surface area contributed by atoms with Crippen LogP contribution < -0.4 is 4.74 Å². The Morgan fingerprint density at radius 3 is 3.21 bits per heavy atom. The molecule has 1 aliphatic carbocycles. The summed E-state index contributed by atoms with van der Waals surface area (Å²) in [5.74, 6) is 1.16. The lowest BCUT2D eigenvalue weighted by atomic mass is 9.94. The van der Waals surface area contributed by atoms with Gasteiger partial charge in [-0.25, -0.2) is 0 Å². The highest BCUT2D eigenvalue weighted by molar-refractivity contribution is 6.11. The number of Topliss-reactive ketones (excluding diaryl/α,β-unsaturated/α-hetero) is 1. The van der Waals surface area contributed by atoms with Crippen LogP contribution in [0.25, 0.3) is 0 Å². The minimum Gasteiger partial charge on any atom is -0.488 e. The number of hydrogen-bond acceptors (Lipinski definition) is 3. The van der Waals surface area contributed by atoms with Crippen LogP contribution >= 0.6 is 0 Å². The molecule has 1 aromatic rings. The summed E-state index contributed by atoms with van der Waals surface area (Å²) in [7, 11) is 0. The maximum absolute atomic E-state index is 12.3. The van der Waals surface area contributed by atoms with Crippen LogP contribution in [0.1, 0.15) is 23.7 Å². The van der Waals surface area contributed by atoms with E-state index in [0.717, 1.165) is 12.0 Å². The Morgan fingerprint density at radius 2 is 2.37 bits per heavy atom. The average molecular weight is 253 g/mol. The van der Waals surface area contributed by atoms with Crippen molar-refractivity contribution in [1.29, 1.82) is 0 Å². The fourth-order valence-corrected chi connectivity index (χ4v) is 2.35. The van der Waals surface area contributed by atoms with E-state index in [1.807, 2.05) is 6.08 Å². The fraction of sp³-hybridized carbons (Fsp3) is 0.250. The zero-order valence-electron chi connectivity index (χ0n) is 10.8. The molecular formula is C16H15NO2. The number of carbonyl (C=O) groups excluding carboxylic acids is 1. The molecule has 3 heteroatoms. The highest BCUT2D eigenvalue weighted by Gasteiger charge is 2.23. The van der Waals surface area contributed by atoms with Crippen molar-refractivity contribution in [3.05, 3.63) is 59.5 Å². The number of nitrogens with zero attached hydrogens (tertiary/aromatic N) is 1. The van der Waals surface area contributed by atoms with Crippen molar-refractivity contribution >= 4 is 5.78 Å². The molecule has 0 aromatic carbocycles. The SMILES string of the molecule is CC1C=C(/C=C2\COc3ccncc3C2=O)C=CC1. The van der Waals surface area contributed by atoms with Gasteiger partial charge < -0.3 is 4.74 Å². The minimum absolute atomic E-state index is 0.0156. The summed E-state index contributed by atoms with van der Waals surface area (Å²) in [5.41, 5.74) is 2.32. The number of ketones is 1. The molecule has 3 rings (SSSR count). The van der Waals surface area contributed by atoms with Gasteiger partial charge in [-0.05, 0) is 30.1 Å². The number of fused-ring (bicyclic) bond motifs is 1. The molecule has 0 N–H and O–H groups in total. The second-order valence-corrected chi connectivity index (χ2v) is 4.94. The molecule has 1 unspecified atom stereocenters. The molecule has 0 saturated heterocycles. The number of carbonyl (C=O) groups is 1. The van der Waals surface area contributed by atoms with Gasteiger partial charge in [0.1, 0.15) is 12.4 Å². The van der Waals surface area contributed by atoms with Crippen LogP contribution in [0.3, 0.4) is 0 Å². The molecule has 1 aliphatic heterocycles. The van der Waals surface area contributed by atoms with Gasteiger partial charge in [0.05, 0.1) is 5.56 Å². The standard InChI is InChI=1S/C16H15NO2/c1-11-3-2-4-12(7-11)8-13-10-19-15-5-6-17-9-14(15)16(13)18/h2,4-9,11H,3,10H2,1H3/b13-8+. The predicted molar refractivity (Wildman–Crippen MR) is 73.1 cm³/mol. The molecule has 1 atom stereocenters. The van der Waals surface area contributed by atoms with E-state index >= 15 is 0 Å². The minimum atomic E-state index is 0.0156. The Hall–Kier alpha value is -2.16. The van der Waals surface area contributed by atoms with E-state index in [0.29, 0.717) is 29.4 Å². The number of allylic oxidation sites excluding steroid dienone is 5. The van der Waals surface area contributed by atoms with Crippen molar-refractivity contribution in [3.8, 4) is 5.75 Å². The molecule has 19 heavy (non-hydrogen) atoms. The Balaban J connectivity index is 1.92. The number of aromatic nitrogens is 1. The largest absolute Gasteiger partial charge is 0.488 e. The lowest BCUT2D eigenvalue weighted by Crippen LogP contribution is -2.19. The van der Waals surface area contributed by atoms with Crippen LogP contribution in [0.4, 0.5) is 0 Å². The van der Waals surface area contributed by atoms with E-state index in [1.165, 1.54) is 0 Å². The summed E-state index contributed by atoms with van der Waals surface area (Å²) < 4.78 is 5.59. The summed E-state index contributed by atoms with van der Waals surface area (Å²) in [5, 5.41) is 0. The van der Waals surface area contributed by atoms with Gasteiger partial charge in [-0.15, -0.1) is 0 Å². The maximum atomic E-state index is 12.3. The zero-order valence-corrected chi connectivity index (χ0v) is 10.8. The third kappa shape index (κ3) is 2.36. The van der Waals surface area contributed by atoms with Gasteiger partial charge >= 0.3 is 0 Å². The van der Waals surface area contributed by atoms with Crippen molar-refractivity contribution in [3.63, 3.8) is 0 Å². The van der Waals surface area contributed by atoms with Gasteiger partial charge in [0.15, 0.2) is 5.78 Å². The van der Waals surface area contributed by atoms with Crippen LogP contribution in [0.15, 0.2) is 53.9 Å².